The zero-order valence-corrected chi connectivity index (χ0v) is 27.3. The van der Waals surface area contributed by atoms with Gasteiger partial charge in [-0.15, -0.1) is 0 Å². The zero-order valence-electron chi connectivity index (χ0n) is 26.5. The van der Waals surface area contributed by atoms with E-state index in [0.29, 0.717) is 28.2 Å². The van der Waals surface area contributed by atoms with Gasteiger partial charge >= 0.3 is 0 Å². The topological polar surface area (TPSA) is 58.5 Å². The second kappa shape index (κ2) is 11.3. The Hall–Kier alpha value is -3.96. The van der Waals surface area contributed by atoms with Gasteiger partial charge in [-0.3, -0.25) is 0 Å². The van der Waals surface area contributed by atoms with Crippen molar-refractivity contribution in [3.63, 3.8) is 0 Å². The highest BCUT2D eigenvalue weighted by atomic mass is 32.2. The lowest BCUT2D eigenvalue weighted by Gasteiger charge is -2.21. The lowest BCUT2D eigenvalue weighted by molar-refractivity contribution is 0.589. The van der Waals surface area contributed by atoms with Gasteiger partial charge in [0, 0.05) is 5.69 Å². The number of hydrogen-bond donors (Lipinski definition) is 1. The SMILES string of the molecule is Cc1ccc(N=C2C(Nc3ccc(C)cc3)=C(c3ccc(C(C)(C)C)cc3)S(=O)(=O)C2c2ccc(C(C)(C)C)cc2)cc1. The Bertz CT molecular complexity index is 1780. The van der Waals surface area contributed by atoms with Crippen LogP contribution in [0.3, 0.4) is 0 Å². The lowest BCUT2D eigenvalue weighted by atomic mass is 9.86. The molecule has 4 aromatic carbocycles. The molecule has 0 saturated carbocycles. The summed E-state index contributed by atoms with van der Waals surface area (Å²) in [6, 6.07) is 31.8. The van der Waals surface area contributed by atoms with E-state index >= 15 is 0 Å². The molecule has 1 N–H and O–H groups in total. The molecule has 43 heavy (non-hydrogen) atoms. The third-order valence-corrected chi connectivity index (χ3v) is 10.1. The summed E-state index contributed by atoms with van der Waals surface area (Å²) in [6.45, 7) is 17.0. The third kappa shape index (κ3) is 6.37. The summed E-state index contributed by atoms with van der Waals surface area (Å²) in [5.41, 5.74) is 8.28. The van der Waals surface area contributed by atoms with Gasteiger partial charge in [-0.2, -0.15) is 0 Å². The highest BCUT2D eigenvalue weighted by Gasteiger charge is 2.46. The maximum Gasteiger partial charge on any atom is 0.193 e. The first-order valence-corrected chi connectivity index (χ1v) is 16.4. The monoisotopic (exact) mass is 590 g/mol. The molecule has 5 heteroatoms. The fourth-order valence-corrected chi connectivity index (χ4v) is 7.47. The minimum atomic E-state index is -3.90. The van der Waals surface area contributed by atoms with E-state index in [-0.39, 0.29) is 15.7 Å². The van der Waals surface area contributed by atoms with Crippen LogP contribution in [0.15, 0.2) is 108 Å². The first kappa shape index (κ1) is 30.5. The molecule has 0 fully saturated rings. The van der Waals surface area contributed by atoms with Crippen LogP contribution < -0.4 is 5.32 Å². The highest BCUT2D eigenvalue weighted by molar-refractivity contribution is 8.02. The molecular weight excluding hydrogens is 548 g/mol. The summed E-state index contributed by atoms with van der Waals surface area (Å²) in [7, 11) is -3.90. The molecule has 1 aliphatic heterocycles. The normalized spacial score (nSPS) is 17.9. The standard InChI is InChI=1S/C38H42N2O2S/c1-25-9-21-31(22-10-25)39-33-34(40-32-23-11-26(2)12-24-32)36(28-15-19-30(20-16-28)38(6,7)8)43(41,42)35(33)27-13-17-29(18-14-27)37(3,4)5/h9-24,35,40H,1-8H3. The van der Waals surface area contributed by atoms with Gasteiger partial charge in [0.2, 0.25) is 0 Å². The molecule has 0 amide bonds. The number of nitrogens with one attached hydrogen (secondary N) is 1. The van der Waals surface area contributed by atoms with Gasteiger partial charge in [0.1, 0.15) is 10.2 Å². The number of aliphatic imine (C=N–C) groups is 1. The smallest absolute Gasteiger partial charge is 0.193 e. The second-order valence-corrected chi connectivity index (χ2v) is 15.6. The van der Waals surface area contributed by atoms with E-state index in [1.807, 2.05) is 111 Å². The Balaban J connectivity index is 1.77. The molecular formula is C38H42N2O2S. The number of hydrogen-bond acceptors (Lipinski definition) is 4. The summed E-state index contributed by atoms with van der Waals surface area (Å²) in [5, 5.41) is 2.54. The van der Waals surface area contributed by atoms with Crippen LogP contribution in [0.2, 0.25) is 0 Å². The number of aryl methyl sites for hydroxylation is 2. The van der Waals surface area contributed by atoms with Crippen LogP contribution in [0.25, 0.3) is 4.91 Å². The van der Waals surface area contributed by atoms with E-state index in [0.717, 1.165) is 27.9 Å². The van der Waals surface area contributed by atoms with Gasteiger partial charge in [0.05, 0.1) is 17.1 Å². The van der Waals surface area contributed by atoms with Crippen LogP contribution in [0, 0.1) is 13.8 Å². The molecule has 0 spiro atoms. The minimum Gasteiger partial charge on any atom is -0.353 e. The summed E-state index contributed by atoms with van der Waals surface area (Å²) in [5.74, 6) is 0. The maximum atomic E-state index is 14.8. The summed E-state index contributed by atoms with van der Waals surface area (Å²) >= 11 is 0. The average molecular weight is 591 g/mol. The summed E-state index contributed by atoms with van der Waals surface area (Å²) in [4.78, 5) is 5.34. The van der Waals surface area contributed by atoms with Gasteiger partial charge in [-0.1, -0.05) is 125 Å². The fraction of sp³-hybridized carbons (Fsp3) is 0.289. The van der Waals surface area contributed by atoms with Gasteiger partial charge in [0.25, 0.3) is 0 Å². The number of anilines is 1. The molecule has 0 saturated heterocycles. The molecule has 4 nitrogen and oxygen atoms in total. The number of nitrogens with zero attached hydrogens (tertiary/aromatic N) is 1. The largest absolute Gasteiger partial charge is 0.353 e. The van der Waals surface area contributed by atoms with Crippen molar-refractivity contribution >= 4 is 31.8 Å². The van der Waals surface area contributed by atoms with Crippen molar-refractivity contribution in [2.45, 2.75) is 71.5 Å². The molecule has 1 atom stereocenters. The molecule has 0 radical (unpaired) electrons. The van der Waals surface area contributed by atoms with Crippen molar-refractivity contribution in [1.29, 1.82) is 0 Å². The molecule has 0 aromatic heterocycles. The first-order chi connectivity index (χ1) is 20.1. The average Bonchev–Trinajstić information content (AvgIpc) is 3.15. The van der Waals surface area contributed by atoms with Gasteiger partial charge in [-0.05, 0) is 71.2 Å². The van der Waals surface area contributed by atoms with Crippen LogP contribution in [0.4, 0.5) is 11.4 Å². The van der Waals surface area contributed by atoms with E-state index < -0.39 is 15.1 Å². The first-order valence-electron chi connectivity index (χ1n) is 14.8. The quantitative estimate of drug-likeness (QED) is 0.252. The van der Waals surface area contributed by atoms with Crippen LogP contribution in [0.1, 0.15) is 80.2 Å². The molecule has 222 valence electrons. The van der Waals surface area contributed by atoms with Crippen LogP contribution in [0.5, 0.6) is 0 Å². The summed E-state index contributed by atoms with van der Waals surface area (Å²) in [6.07, 6.45) is 0. The van der Waals surface area contributed by atoms with Crippen molar-refractivity contribution in [3.8, 4) is 0 Å². The number of allylic oxidation sites excluding steroid dienone is 1. The van der Waals surface area contributed by atoms with E-state index in [9.17, 15) is 8.42 Å². The molecule has 5 rings (SSSR count). The van der Waals surface area contributed by atoms with Gasteiger partial charge in [0.15, 0.2) is 9.84 Å². The third-order valence-electron chi connectivity index (χ3n) is 8.02. The van der Waals surface area contributed by atoms with Crippen LogP contribution in [-0.2, 0) is 20.7 Å². The van der Waals surface area contributed by atoms with Crippen molar-refractivity contribution in [3.05, 3.63) is 136 Å². The zero-order chi connectivity index (χ0) is 31.2. The molecule has 0 bridgehead atoms. The van der Waals surface area contributed by atoms with Crippen LogP contribution >= 0.6 is 0 Å². The Labute approximate surface area is 257 Å². The van der Waals surface area contributed by atoms with Gasteiger partial charge < -0.3 is 5.32 Å². The Morgan fingerprint density at radius 3 is 1.58 bits per heavy atom. The van der Waals surface area contributed by atoms with Crippen LogP contribution in [-0.4, -0.2) is 14.1 Å². The molecule has 1 aliphatic rings. The number of sulfone groups is 1. The van der Waals surface area contributed by atoms with Crippen molar-refractivity contribution in [1.82, 2.24) is 0 Å². The predicted molar refractivity (Wildman–Crippen MR) is 182 cm³/mol. The molecule has 1 heterocycles. The van der Waals surface area contributed by atoms with Crippen molar-refractivity contribution < 1.29 is 8.42 Å². The van der Waals surface area contributed by atoms with E-state index in [1.54, 1.807) is 0 Å². The van der Waals surface area contributed by atoms with Crippen molar-refractivity contribution in [2.75, 3.05) is 5.32 Å². The maximum absolute atomic E-state index is 14.8. The predicted octanol–water partition coefficient (Wildman–Crippen LogP) is 9.62. The lowest BCUT2D eigenvalue weighted by Crippen LogP contribution is -2.19. The van der Waals surface area contributed by atoms with E-state index in [1.165, 1.54) is 0 Å². The Morgan fingerprint density at radius 1 is 0.628 bits per heavy atom. The fourth-order valence-electron chi connectivity index (χ4n) is 5.35. The second-order valence-electron chi connectivity index (χ2n) is 13.7. The van der Waals surface area contributed by atoms with E-state index in [2.05, 4.69) is 46.9 Å². The number of rotatable bonds is 5. The molecule has 1 unspecified atom stereocenters. The molecule has 4 aromatic rings. The molecule has 0 aliphatic carbocycles. The van der Waals surface area contributed by atoms with E-state index in [4.69, 9.17) is 4.99 Å². The highest BCUT2D eigenvalue weighted by Crippen LogP contribution is 2.46. The summed E-state index contributed by atoms with van der Waals surface area (Å²) < 4.78 is 29.6. The van der Waals surface area contributed by atoms with Crippen molar-refractivity contribution in [2.24, 2.45) is 4.99 Å². The Morgan fingerprint density at radius 2 is 1.09 bits per heavy atom. The minimum absolute atomic E-state index is 0.0533. The van der Waals surface area contributed by atoms with Gasteiger partial charge in [-0.25, -0.2) is 13.4 Å². The number of benzene rings is 4. The Kier molecular flexibility index (Phi) is 8.00.